The Kier molecular flexibility index (Phi) is 5.51. The predicted molar refractivity (Wildman–Crippen MR) is 119 cm³/mol. The first kappa shape index (κ1) is 21.4. The minimum Gasteiger partial charge on any atom is -0.308 e. The molecule has 170 valence electrons. The lowest BCUT2D eigenvalue weighted by atomic mass is 9.99. The molecule has 33 heavy (non-hydrogen) atoms. The molecule has 0 spiro atoms. The van der Waals surface area contributed by atoms with E-state index in [-0.39, 0.29) is 22.9 Å². The summed E-state index contributed by atoms with van der Waals surface area (Å²) in [6, 6.07) is 14.4. The number of piperidine rings is 1. The molecule has 1 aliphatic heterocycles. The van der Waals surface area contributed by atoms with E-state index in [4.69, 9.17) is 0 Å². The highest BCUT2D eigenvalue weighted by Crippen LogP contribution is 2.29. The van der Waals surface area contributed by atoms with Crippen LogP contribution in [0.1, 0.15) is 30.1 Å². The van der Waals surface area contributed by atoms with E-state index in [1.165, 1.54) is 16.4 Å². The molecule has 5 rings (SSSR count). The second kappa shape index (κ2) is 8.49. The van der Waals surface area contributed by atoms with Gasteiger partial charge in [-0.2, -0.15) is 4.31 Å². The van der Waals surface area contributed by atoms with Gasteiger partial charge in [-0.1, -0.05) is 35.5 Å². The Morgan fingerprint density at radius 3 is 2.61 bits per heavy atom. The molecular formula is C22H21FN6O3S. The van der Waals surface area contributed by atoms with Crippen molar-refractivity contribution in [2.75, 3.05) is 13.1 Å². The number of rotatable bonds is 5. The summed E-state index contributed by atoms with van der Waals surface area (Å²) in [6.45, 7) is 0.910. The number of aromatic nitrogens is 5. The van der Waals surface area contributed by atoms with E-state index < -0.39 is 21.4 Å². The first-order valence-electron chi connectivity index (χ1n) is 10.5. The van der Waals surface area contributed by atoms with Crippen molar-refractivity contribution in [2.45, 2.75) is 30.2 Å². The van der Waals surface area contributed by atoms with E-state index in [2.05, 4.69) is 20.3 Å². The molecule has 0 unspecified atom stereocenters. The molecule has 3 heterocycles. The van der Waals surface area contributed by atoms with Crippen molar-refractivity contribution in [1.82, 2.24) is 29.3 Å². The molecule has 1 aliphatic rings. The summed E-state index contributed by atoms with van der Waals surface area (Å²) in [5, 5.41) is 8.06. The van der Waals surface area contributed by atoms with Crippen molar-refractivity contribution >= 4 is 21.2 Å². The Labute approximate surface area is 188 Å². The Morgan fingerprint density at radius 1 is 1.09 bits per heavy atom. The van der Waals surface area contributed by atoms with Crippen LogP contribution in [0.25, 0.3) is 11.2 Å². The first-order valence-corrected chi connectivity index (χ1v) is 12.0. The summed E-state index contributed by atoms with van der Waals surface area (Å²) in [7, 11) is -3.79. The average Bonchev–Trinajstić information content (AvgIpc) is 3.23. The molecule has 0 aliphatic carbocycles. The van der Waals surface area contributed by atoms with Gasteiger partial charge >= 0.3 is 0 Å². The van der Waals surface area contributed by atoms with Gasteiger partial charge in [0.15, 0.2) is 11.2 Å². The smallest absolute Gasteiger partial charge is 0.281 e. The van der Waals surface area contributed by atoms with Crippen molar-refractivity contribution in [3.63, 3.8) is 0 Å². The largest absolute Gasteiger partial charge is 0.308 e. The lowest BCUT2D eigenvalue weighted by molar-refractivity contribution is 0.309. The molecule has 9 nitrogen and oxygen atoms in total. The van der Waals surface area contributed by atoms with Crippen LogP contribution in [0, 0.1) is 5.82 Å². The quantitative estimate of drug-likeness (QED) is 0.481. The third-order valence-electron chi connectivity index (χ3n) is 5.79. The third kappa shape index (κ3) is 4.16. The van der Waals surface area contributed by atoms with Crippen molar-refractivity contribution < 1.29 is 12.8 Å². The lowest BCUT2D eigenvalue weighted by Crippen LogP contribution is -2.39. The molecule has 0 bridgehead atoms. The fourth-order valence-corrected chi connectivity index (χ4v) is 5.60. The van der Waals surface area contributed by atoms with Crippen LogP contribution in [-0.4, -0.2) is 50.8 Å². The topological polar surface area (TPSA) is 114 Å². The maximum atomic E-state index is 13.2. The number of sulfonamides is 1. The van der Waals surface area contributed by atoms with Gasteiger partial charge in [0.1, 0.15) is 11.6 Å². The number of nitrogens with zero attached hydrogens (tertiary/aromatic N) is 5. The van der Waals surface area contributed by atoms with Crippen LogP contribution in [0.2, 0.25) is 0 Å². The Hall–Kier alpha value is -3.44. The highest BCUT2D eigenvalue weighted by Gasteiger charge is 2.32. The third-order valence-corrected chi connectivity index (χ3v) is 7.67. The molecule has 11 heteroatoms. The number of hydrogen-bond acceptors (Lipinski definition) is 6. The van der Waals surface area contributed by atoms with Gasteiger partial charge in [-0.15, -0.1) is 5.10 Å². The molecular weight excluding hydrogens is 447 g/mol. The zero-order chi connectivity index (χ0) is 23.0. The molecule has 2 aromatic carbocycles. The van der Waals surface area contributed by atoms with Gasteiger partial charge < -0.3 is 4.98 Å². The molecule has 0 amide bonds. The Balaban J connectivity index is 1.45. The lowest BCUT2D eigenvalue weighted by Gasteiger charge is -2.31. The number of hydrogen-bond donors (Lipinski definition) is 1. The molecule has 1 N–H and O–H groups in total. The predicted octanol–water partition coefficient (Wildman–Crippen LogP) is 2.27. The van der Waals surface area contributed by atoms with E-state index in [1.807, 2.05) is 30.3 Å². The minimum atomic E-state index is -3.79. The number of nitrogens with one attached hydrogen (secondary N) is 1. The number of fused-ring (bicyclic) bond motifs is 1. The van der Waals surface area contributed by atoms with E-state index in [0.29, 0.717) is 37.4 Å². The van der Waals surface area contributed by atoms with Crippen molar-refractivity contribution in [3.8, 4) is 0 Å². The normalized spacial score (nSPS) is 17.4. The van der Waals surface area contributed by atoms with Gasteiger partial charge in [0, 0.05) is 19.0 Å². The number of halogens is 1. The summed E-state index contributed by atoms with van der Waals surface area (Å²) in [4.78, 5) is 20.1. The van der Waals surface area contributed by atoms with Crippen LogP contribution in [0.4, 0.5) is 4.39 Å². The van der Waals surface area contributed by atoms with E-state index in [9.17, 15) is 17.6 Å². The van der Waals surface area contributed by atoms with Crippen molar-refractivity contribution in [3.05, 3.63) is 82.2 Å². The highest BCUT2D eigenvalue weighted by molar-refractivity contribution is 7.89. The van der Waals surface area contributed by atoms with E-state index >= 15 is 0 Å². The van der Waals surface area contributed by atoms with Gasteiger partial charge in [0.25, 0.3) is 5.56 Å². The number of benzene rings is 2. The zero-order valence-electron chi connectivity index (χ0n) is 17.6. The van der Waals surface area contributed by atoms with Crippen LogP contribution < -0.4 is 5.56 Å². The second-order valence-electron chi connectivity index (χ2n) is 8.01. The van der Waals surface area contributed by atoms with Gasteiger partial charge in [0.2, 0.25) is 10.0 Å². The molecule has 0 radical (unpaired) electrons. The van der Waals surface area contributed by atoms with Crippen molar-refractivity contribution in [1.29, 1.82) is 0 Å². The molecule has 1 saturated heterocycles. The maximum Gasteiger partial charge on any atom is 0.281 e. The van der Waals surface area contributed by atoms with Crippen LogP contribution in [0.3, 0.4) is 0 Å². The first-order chi connectivity index (χ1) is 15.9. The standard InChI is InChI=1S/C22H21FN6O3S/c23-17-8-10-18(11-9-17)33(31,32)28-12-4-7-16(14-28)20-24-21-19(22(30)25-20)26-27-29(21)13-15-5-2-1-3-6-15/h1-3,5-6,8-11,16H,4,7,12-14H2,(H,24,25,30)/t16-/m1/s1. The summed E-state index contributed by atoms with van der Waals surface area (Å²) in [5.41, 5.74) is 1.08. The highest BCUT2D eigenvalue weighted by atomic mass is 32.2. The summed E-state index contributed by atoms with van der Waals surface area (Å²) in [5.74, 6) is -0.393. The number of aromatic amines is 1. The van der Waals surface area contributed by atoms with E-state index in [0.717, 1.165) is 17.7 Å². The van der Waals surface area contributed by atoms with E-state index in [1.54, 1.807) is 4.68 Å². The van der Waals surface area contributed by atoms with Crippen LogP contribution in [0.15, 0.2) is 64.3 Å². The monoisotopic (exact) mass is 468 g/mol. The van der Waals surface area contributed by atoms with Crippen molar-refractivity contribution in [2.24, 2.45) is 0 Å². The van der Waals surface area contributed by atoms with Crippen LogP contribution in [-0.2, 0) is 16.6 Å². The minimum absolute atomic E-state index is 0.0339. The SMILES string of the molecule is O=c1[nH]c([C@@H]2CCCN(S(=O)(=O)c3ccc(F)cc3)C2)nc2c1nnn2Cc1ccccc1. The molecule has 1 fully saturated rings. The summed E-state index contributed by atoms with van der Waals surface area (Å²) >= 11 is 0. The number of H-pyrrole nitrogens is 1. The Bertz CT molecular complexity index is 1450. The average molecular weight is 469 g/mol. The van der Waals surface area contributed by atoms with Gasteiger partial charge in [0.05, 0.1) is 11.4 Å². The molecule has 1 atom stereocenters. The zero-order valence-corrected chi connectivity index (χ0v) is 18.4. The summed E-state index contributed by atoms with van der Waals surface area (Å²) in [6.07, 6.45) is 1.28. The summed E-state index contributed by atoms with van der Waals surface area (Å²) < 4.78 is 42.3. The second-order valence-corrected chi connectivity index (χ2v) is 9.95. The van der Waals surface area contributed by atoms with Crippen LogP contribution in [0.5, 0.6) is 0 Å². The fraction of sp³-hybridized carbons (Fsp3) is 0.273. The Morgan fingerprint density at radius 2 is 1.85 bits per heavy atom. The van der Waals surface area contributed by atoms with Crippen LogP contribution >= 0.6 is 0 Å². The maximum absolute atomic E-state index is 13.2. The van der Waals surface area contributed by atoms with Gasteiger partial charge in [-0.25, -0.2) is 22.5 Å². The molecule has 2 aromatic heterocycles. The van der Waals surface area contributed by atoms with Gasteiger partial charge in [-0.3, -0.25) is 4.79 Å². The molecule has 4 aromatic rings. The molecule has 0 saturated carbocycles. The fourth-order valence-electron chi connectivity index (χ4n) is 4.08. The van der Waals surface area contributed by atoms with Gasteiger partial charge in [-0.05, 0) is 42.7 Å².